The third-order valence-electron chi connectivity index (χ3n) is 7.91. The summed E-state index contributed by atoms with van der Waals surface area (Å²) in [5.41, 5.74) is 1.67. The van der Waals surface area contributed by atoms with Crippen LogP contribution in [0.3, 0.4) is 0 Å². The molecule has 5 rings (SSSR count). The van der Waals surface area contributed by atoms with Crippen molar-refractivity contribution in [2.24, 2.45) is 5.92 Å². The van der Waals surface area contributed by atoms with Crippen molar-refractivity contribution in [3.8, 4) is 5.75 Å². The Balaban J connectivity index is 1.57. The molecular formula is C34H48N4O9. The van der Waals surface area contributed by atoms with Crippen LogP contribution in [0.25, 0.3) is 0 Å². The van der Waals surface area contributed by atoms with Gasteiger partial charge in [0.05, 0.1) is 51.8 Å². The summed E-state index contributed by atoms with van der Waals surface area (Å²) in [7, 11) is 0. The molecule has 1 saturated heterocycles. The highest BCUT2D eigenvalue weighted by molar-refractivity contribution is 5.90. The SMILES string of the molecule is CC(C)C1NC(=O)[C@@H](C(O)[C@H](Cc2ccccc2)NC(=O)OC2CCOC2)NCc2ccc(cc2)OCCOCCOCCNC1=O. The van der Waals surface area contributed by atoms with E-state index in [0.29, 0.717) is 51.8 Å². The Morgan fingerprint density at radius 3 is 2.34 bits per heavy atom. The molecule has 3 aliphatic heterocycles. The van der Waals surface area contributed by atoms with Crippen LogP contribution in [0.4, 0.5) is 4.79 Å². The van der Waals surface area contributed by atoms with Crippen molar-refractivity contribution in [3.63, 3.8) is 0 Å². The van der Waals surface area contributed by atoms with Crippen LogP contribution in [-0.4, -0.2) is 106 Å². The van der Waals surface area contributed by atoms with Gasteiger partial charge in [-0.15, -0.1) is 0 Å². The third kappa shape index (κ3) is 12.1. The average molecular weight is 657 g/mol. The number of benzene rings is 2. The normalized spacial score (nSPS) is 23.4. The summed E-state index contributed by atoms with van der Waals surface area (Å²) in [6, 6.07) is 13.6. The Bertz CT molecular complexity index is 1240. The smallest absolute Gasteiger partial charge is 0.407 e. The Hall–Kier alpha value is -3.75. The minimum atomic E-state index is -1.42. The van der Waals surface area contributed by atoms with Crippen molar-refractivity contribution in [3.05, 3.63) is 65.7 Å². The molecule has 5 atom stereocenters. The molecule has 258 valence electrons. The number of alkyl carbamates (subject to hydrolysis) is 1. The van der Waals surface area contributed by atoms with E-state index in [-0.39, 0.29) is 37.9 Å². The predicted octanol–water partition coefficient (Wildman–Crippen LogP) is 1.31. The van der Waals surface area contributed by atoms with E-state index in [4.69, 9.17) is 23.7 Å². The Labute approximate surface area is 276 Å². The van der Waals surface area contributed by atoms with Gasteiger partial charge >= 0.3 is 6.09 Å². The highest BCUT2D eigenvalue weighted by Gasteiger charge is 2.37. The summed E-state index contributed by atoms with van der Waals surface area (Å²) in [6.45, 7) is 6.69. The van der Waals surface area contributed by atoms with E-state index >= 15 is 0 Å². The lowest BCUT2D eigenvalue weighted by atomic mass is 9.94. The van der Waals surface area contributed by atoms with Crippen LogP contribution < -0.4 is 26.0 Å². The molecule has 13 heteroatoms. The number of aliphatic hydroxyl groups is 1. The van der Waals surface area contributed by atoms with E-state index in [1.165, 1.54) is 0 Å². The van der Waals surface area contributed by atoms with Gasteiger partial charge in [0.25, 0.3) is 0 Å². The van der Waals surface area contributed by atoms with Crippen molar-refractivity contribution in [2.75, 3.05) is 52.8 Å². The highest BCUT2D eigenvalue weighted by Crippen LogP contribution is 2.16. The molecule has 0 radical (unpaired) electrons. The summed E-state index contributed by atoms with van der Waals surface area (Å²) in [5, 5.41) is 23.5. The molecule has 3 amide bonds. The van der Waals surface area contributed by atoms with Crippen molar-refractivity contribution >= 4 is 17.9 Å². The van der Waals surface area contributed by atoms with Crippen LogP contribution in [0.15, 0.2) is 54.6 Å². The fourth-order valence-electron chi connectivity index (χ4n) is 5.27. The Morgan fingerprint density at radius 1 is 0.915 bits per heavy atom. The number of fused-ring (bicyclic) bond motifs is 18. The number of nitrogens with one attached hydrogen (secondary N) is 4. The second-order valence-corrected chi connectivity index (χ2v) is 11.9. The lowest BCUT2D eigenvalue weighted by Gasteiger charge is -2.32. The standard InChI is InChI=1S/C34H48N4O9/c1-23(2)29-32(40)35-13-15-43-16-17-44-18-19-46-26-10-8-25(9-11-26)21-36-30(33(41)38-29)31(39)28(20-24-6-4-3-5-7-24)37-34(42)47-27-12-14-45-22-27/h3-11,23,27-31,36,39H,12-22H2,1-2H3,(H,35,40)(H,37,42)(H,38,41)/t27?,28-,29?,30+,31?/m0/s1. The molecule has 0 spiro atoms. The number of carbonyl (C=O) groups excluding carboxylic acids is 3. The Kier molecular flexibility index (Phi) is 14.7. The molecule has 0 aliphatic carbocycles. The second-order valence-electron chi connectivity index (χ2n) is 11.9. The molecule has 0 saturated carbocycles. The topological polar surface area (TPSA) is 166 Å². The quantitative estimate of drug-likeness (QED) is 0.275. The molecule has 2 aromatic carbocycles. The van der Waals surface area contributed by atoms with E-state index in [9.17, 15) is 19.5 Å². The van der Waals surface area contributed by atoms with Gasteiger partial charge in [-0.2, -0.15) is 0 Å². The van der Waals surface area contributed by atoms with Gasteiger partial charge in [-0.3, -0.25) is 14.9 Å². The first-order chi connectivity index (χ1) is 22.8. The number of hydrogen-bond donors (Lipinski definition) is 5. The first kappa shape index (κ1) is 36.1. The number of carbonyl (C=O) groups is 3. The van der Waals surface area contributed by atoms with Crippen LogP contribution in [-0.2, 0) is 41.5 Å². The molecule has 0 aromatic heterocycles. The molecular weight excluding hydrogens is 608 g/mol. The van der Waals surface area contributed by atoms with Crippen molar-refractivity contribution in [1.82, 2.24) is 21.3 Å². The fraction of sp³-hybridized carbons (Fsp3) is 0.559. The van der Waals surface area contributed by atoms with Crippen LogP contribution in [0.2, 0.25) is 0 Å². The first-order valence-corrected chi connectivity index (χ1v) is 16.3. The lowest BCUT2D eigenvalue weighted by molar-refractivity contribution is -0.133. The number of ether oxygens (including phenoxy) is 5. The van der Waals surface area contributed by atoms with Crippen LogP contribution >= 0.6 is 0 Å². The maximum Gasteiger partial charge on any atom is 0.407 e. The zero-order valence-electron chi connectivity index (χ0n) is 27.2. The third-order valence-corrected chi connectivity index (χ3v) is 7.91. The van der Waals surface area contributed by atoms with Gasteiger partial charge < -0.3 is 44.7 Å². The molecule has 3 unspecified atom stereocenters. The van der Waals surface area contributed by atoms with Crippen LogP contribution in [0.5, 0.6) is 5.75 Å². The van der Waals surface area contributed by atoms with E-state index in [1.54, 1.807) is 0 Å². The molecule has 1 fully saturated rings. The van der Waals surface area contributed by atoms with Gasteiger partial charge in [-0.05, 0) is 35.6 Å². The molecule has 3 aliphatic rings. The number of rotatable bonds is 7. The molecule has 2 bridgehead atoms. The largest absolute Gasteiger partial charge is 0.491 e. The number of amides is 3. The lowest BCUT2D eigenvalue weighted by Crippen LogP contribution is -2.62. The van der Waals surface area contributed by atoms with E-state index in [0.717, 1.165) is 11.1 Å². The predicted molar refractivity (Wildman–Crippen MR) is 173 cm³/mol. The van der Waals surface area contributed by atoms with E-state index < -0.39 is 42.3 Å². The van der Waals surface area contributed by atoms with Crippen molar-refractivity contribution in [2.45, 2.75) is 63.6 Å². The van der Waals surface area contributed by atoms with E-state index in [1.807, 2.05) is 68.4 Å². The zero-order chi connectivity index (χ0) is 33.4. The van der Waals surface area contributed by atoms with Gasteiger partial charge in [0, 0.05) is 19.5 Å². The Morgan fingerprint density at radius 2 is 1.64 bits per heavy atom. The molecule has 13 nitrogen and oxygen atoms in total. The summed E-state index contributed by atoms with van der Waals surface area (Å²) in [5.74, 6) is -0.567. The number of hydrogen-bond acceptors (Lipinski definition) is 10. The monoisotopic (exact) mass is 656 g/mol. The molecule has 5 N–H and O–H groups in total. The highest BCUT2D eigenvalue weighted by atomic mass is 16.6. The maximum absolute atomic E-state index is 14.0. The molecule has 3 heterocycles. The van der Waals surface area contributed by atoms with Gasteiger partial charge in [0.2, 0.25) is 11.8 Å². The summed E-state index contributed by atoms with van der Waals surface area (Å²) in [6.07, 6.45) is -1.74. The van der Waals surface area contributed by atoms with Crippen LogP contribution in [0.1, 0.15) is 31.4 Å². The summed E-state index contributed by atoms with van der Waals surface area (Å²) < 4.78 is 27.7. The second kappa shape index (κ2) is 19.2. The van der Waals surface area contributed by atoms with Crippen molar-refractivity contribution < 1.29 is 43.2 Å². The van der Waals surface area contributed by atoms with Crippen LogP contribution in [0, 0.1) is 5.92 Å². The first-order valence-electron chi connectivity index (χ1n) is 16.3. The molecule has 47 heavy (non-hydrogen) atoms. The minimum absolute atomic E-state index is 0.205. The van der Waals surface area contributed by atoms with Gasteiger partial charge in [0.15, 0.2) is 0 Å². The molecule has 2 aromatic rings. The van der Waals surface area contributed by atoms with Crippen molar-refractivity contribution in [1.29, 1.82) is 0 Å². The van der Waals surface area contributed by atoms with Gasteiger partial charge in [-0.1, -0.05) is 56.3 Å². The maximum atomic E-state index is 14.0. The number of aliphatic hydroxyl groups excluding tert-OH is 1. The summed E-state index contributed by atoms with van der Waals surface area (Å²) in [4.78, 5) is 40.1. The fourth-order valence-corrected chi connectivity index (χ4v) is 5.27. The van der Waals surface area contributed by atoms with Gasteiger partial charge in [-0.25, -0.2) is 4.79 Å². The van der Waals surface area contributed by atoms with Gasteiger partial charge in [0.1, 0.15) is 30.5 Å². The zero-order valence-corrected chi connectivity index (χ0v) is 27.2. The van der Waals surface area contributed by atoms with E-state index in [2.05, 4.69) is 21.3 Å². The minimum Gasteiger partial charge on any atom is -0.491 e. The summed E-state index contributed by atoms with van der Waals surface area (Å²) >= 11 is 0. The average Bonchev–Trinajstić information content (AvgIpc) is 3.57.